The third kappa shape index (κ3) is 6.18. The maximum Gasteiger partial charge on any atom is 0.340 e. The highest BCUT2D eigenvalue weighted by molar-refractivity contribution is 7.53. The summed E-state index contributed by atoms with van der Waals surface area (Å²) < 4.78 is 18.4. The number of alkyl halides is 2. The summed E-state index contributed by atoms with van der Waals surface area (Å²) in [5.74, 6) is 0.223. The summed E-state index contributed by atoms with van der Waals surface area (Å²) in [5, 5.41) is 0. The topological polar surface area (TPSA) is 72.6 Å². The summed E-state index contributed by atoms with van der Waals surface area (Å²) in [4.78, 5) is 10.4. The molecule has 0 aromatic rings. The largest absolute Gasteiger partial charge is 0.340 e. The fourth-order valence-electron chi connectivity index (χ4n) is 0.931. The van der Waals surface area contributed by atoms with Gasteiger partial charge >= 0.3 is 7.67 Å². The molecule has 0 saturated carbocycles. The van der Waals surface area contributed by atoms with Crippen LogP contribution >= 0.6 is 30.9 Å². The highest BCUT2D eigenvalue weighted by Crippen LogP contribution is 2.42. The molecule has 0 spiro atoms. The van der Waals surface area contributed by atoms with Crippen LogP contribution in [-0.2, 0) is 13.9 Å². The maximum atomic E-state index is 12.0. The third-order valence-electron chi connectivity index (χ3n) is 1.83. The first-order chi connectivity index (χ1) is 7.47. The van der Waals surface area contributed by atoms with Gasteiger partial charge in [0.2, 0.25) is 0 Å². The van der Waals surface area contributed by atoms with Crippen molar-refractivity contribution in [2.45, 2.75) is 6.92 Å². The number of hydrogen-bond donors (Lipinski definition) is 1. The molecule has 0 amide bonds. The Morgan fingerprint density at radius 1 is 1.44 bits per heavy atom. The number of carbonyl (C=O) groups is 1. The molecule has 0 saturated heterocycles. The fraction of sp³-hybridized carbons (Fsp3) is 0.875. The molecule has 0 aliphatic carbocycles. The van der Waals surface area contributed by atoms with Gasteiger partial charge < -0.3 is 9.32 Å². The van der Waals surface area contributed by atoms with Gasteiger partial charge in [-0.3, -0.25) is 4.57 Å². The number of halogens is 2. The number of rotatable bonds is 9. The minimum atomic E-state index is -3.40. The first-order valence-electron chi connectivity index (χ1n) is 4.83. The normalized spacial score (nSPS) is 17.1. The standard InChI is InChI=1S/C8H17Cl2N2O3P/c1-8(6-13)7-15-16(11,14)12(4-2-9)5-3-10/h6,8H,2-5,7H2,1H3,(H2,11,14). The number of aldehydes is 1. The quantitative estimate of drug-likeness (QED) is 0.397. The van der Waals surface area contributed by atoms with Gasteiger partial charge in [0.15, 0.2) is 0 Å². The van der Waals surface area contributed by atoms with Crippen molar-refractivity contribution in [3.8, 4) is 0 Å². The lowest BCUT2D eigenvalue weighted by molar-refractivity contribution is -0.111. The first-order valence-corrected chi connectivity index (χ1v) is 7.55. The van der Waals surface area contributed by atoms with E-state index < -0.39 is 7.67 Å². The molecule has 0 fully saturated rings. The molecule has 0 heterocycles. The van der Waals surface area contributed by atoms with Crippen molar-refractivity contribution < 1.29 is 13.9 Å². The van der Waals surface area contributed by atoms with Gasteiger partial charge in [0, 0.05) is 30.8 Å². The predicted molar refractivity (Wildman–Crippen MR) is 66.0 cm³/mol. The molecule has 0 aromatic carbocycles. The van der Waals surface area contributed by atoms with E-state index in [4.69, 9.17) is 33.2 Å². The van der Waals surface area contributed by atoms with Crippen LogP contribution in [-0.4, -0.2) is 42.4 Å². The summed E-state index contributed by atoms with van der Waals surface area (Å²) in [6, 6.07) is 0. The second-order valence-electron chi connectivity index (χ2n) is 3.30. The fourth-order valence-corrected chi connectivity index (χ4v) is 2.94. The van der Waals surface area contributed by atoms with Gasteiger partial charge in [-0.15, -0.1) is 23.2 Å². The zero-order valence-electron chi connectivity index (χ0n) is 9.14. The summed E-state index contributed by atoms with van der Waals surface area (Å²) in [7, 11) is -3.40. The molecule has 0 aromatic heterocycles. The van der Waals surface area contributed by atoms with Crippen LogP contribution in [0.2, 0.25) is 0 Å². The van der Waals surface area contributed by atoms with E-state index in [-0.39, 0.29) is 24.3 Å². The maximum absolute atomic E-state index is 12.0. The van der Waals surface area contributed by atoms with E-state index in [1.165, 1.54) is 4.67 Å². The minimum absolute atomic E-state index is 0.0261. The van der Waals surface area contributed by atoms with Crippen LogP contribution in [0.5, 0.6) is 0 Å². The molecule has 0 radical (unpaired) electrons. The summed E-state index contributed by atoms with van der Waals surface area (Å²) in [6.45, 7) is 2.34. The van der Waals surface area contributed by atoms with Crippen molar-refractivity contribution in [3.05, 3.63) is 0 Å². The van der Waals surface area contributed by atoms with Crippen molar-refractivity contribution >= 4 is 37.2 Å². The summed E-state index contributed by atoms with van der Waals surface area (Å²) >= 11 is 11.1. The van der Waals surface area contributed by atoms with Crippen LogP contribution in [0.1, 0.15) is 6.92 Å². The molecule has 2 unspecified atom stereocenters. The zero-order chi connectivity index (χ0) is 12.6. The average molecular weight is 291 g/mol. The average Bonchev–Trinajstić information content (AvgIpc) is 2.25. The Morgan fingerprint density at radius 3 is 2.31 bits per heavy atom. The smallest absolute Gasteiger partial charge is 0.305 e. The van der Waals surface area contributed by atoms with Crippen molar-refractivity contribution in [1.82, 2.24) is 4.67 Å². The second kappa shape index (κ2) is 8.45. The van der Waals surface area contributed by atoms with E-state index in [0.717, 1.165) is 0 Å². The monoisotopic (exact) mass is 290 g/mol. The molecule has 16 heavy (non-hydrogen) atoms. The van der Waals surface area contributed by atoms with E-state index in [9.17, 15) is 9.36 Å². The van der Waals surface area contributed by atoms with Crippen LogP contribution < -0.4 is 5.50 Å². The van der Waals surface area contributed by atoms with E-state index in [1.54, 1.807) is 6.92 Å². The molecular weight excluding hydrogens is 274 g/mol. The second-order valence-corrected chi connectivity index (χ2v) is 6.01. The summed E-state index contributed by atoms with van der Waals surface area (Å²) in [6.07, 6.45) is 0.716. The van der Waals surface area contributed by atoms with Gasteiger partial charge in [0.25, 0.3) is 0 Å². The SMILES string of the molecule is CC(C=O)COP(N)(=O)N(CCCl)CCCl. The Bertz CT molecular complexity index is 249. The Balaban J connectivity index is 4.33. The number of carbonyl (C=O) groups excluding carboxylic acids is 1. The summed E-state index contributed by atoms with van der Waals surface area (Å²) in [5.41, 5.74) is 5.56. The van der Waals surface area contributed by atoms with E-state index >= 15 is 0 Å². The third-order valence-corrected chi connectivity index (χ3v) is 3.88. The predicted octanol–water partition coefficient (Wildman–Crippen LogP) is 1.68. The lowest BCUT2D eigenvalue weighted by atomic mass is 10.2. The molecule has 5 nitrogen and oxygen atoms in total. The molecule has 0 bridgehead atoms. The molecule has 0 rings (SSSR count). The first kappa shape index (κ1) is 16.4. The van der Waals surface area contributed by atoms with Crippen molar-refractivity contribution in [1.29, 1.82) is 0 Å². The zero-order valence-corrected chi connectivity index (χ0v) is 11.5. The molecule has 0 aliphatic rings. The van der Waals surface area contributed by atoms with E-state index in [0.29, 0.717) is 19.4 Å². The van der Waals surface area contributed by atoms with Crippen LogP contribution in [0.4, 0.5) is 0 Å². The molecule has 0 aliphatic heterocycles. The molecule has 2 atom stereocenters. The van der Waals surface area contributed by atoms with E-state index in [1.807, 2.05) is 0 Å². The van der Waals surface area contributed by atoms with Crippen LogP contribution in [0.3, 0.4) is 0 Å². The van der Waals surface area contributed by atoms with Crippen molar-refractivity contribution in [2.24, 2.45) is 11.4 Å². The van der Waals surface area contributed by atoms with Gasteiger partial charge in [-0.1, -0.05) is 6.92 Å². The Morgan fingerprint density at radius 2 is 1.94 bits per heavy atom. The number of nitrogens with zero attached hydrogens (tertiary/aromatic N) is 1. The van der Waals surface area contributed by atoms with Gasteiger partial charge in [-0.2, -0.15) is 0 Å². The lowest BCUT2D eigenvalue weighted by Gasteiger charge is -2.26. The van der Waals surface area contributed by atoms with Crippen LogP contribution in [0.25, 0.3) is 0 Å². The van der Waals surface area contributed by atoms with Crippen LogP contribution in [0, 0.1) is 5.92 Å². The Labute approximate surface area is 106 Å². The number of hydrogen-bond acceptors (Lipinski definition) is 3. The van der Waals surface area contributed by atoms with Gasteiger partial charge in [0.1, 0.15) is 6.29 Å². The number of nitrogens with two attached hydrogens (primary N) is 1. The van der Waals surface area contributed by atoms with Gasteiger partial charge in [0.05, 0.1) is 6.61 Å². The van der Waals surface area contributed by atoms with Crippen LogP contribution in [0.15, 0.2) is 0 Å². The van der Waals surface area contributed by atoms with E-state index in [2.05, 4.69) is 0 Å². The van der Waals surface area contributed by atoms with Crippen molar-refractivity contribution in [3.63, 3.8) is 0 Å². The molecular formula is C8H17Cl2N2O3P. The lowest BCUT2D eigenvalue weighted by Crippen LogP contribution is -2.30. The van der Waals surface area contributed by atoms with Gasteiger partial charge in [-0.25, -0.2) is 10.2 Å². The molecule has 8 heteroatoms. The highest BCUT2D eigenvalue weighted by Gasteiger charge is 2.26. The molecule has 96 valence electrons. The Kier molecular flexibility index (Phi) is 8.64. The van der Waals surface area contributed by atoms with Gasteiger partial charge in [-0.05, 0) is 0 Å². The molecule has 2 N–H and O–H groups in total. The highest BCUT2D eigenvalue weighted by atomic mass is 35.5. The van der Waals surface area contributed by atoms with Crippen molar-refractivity contribution in [2.75, 3.05) is 31.5 Å². The minimum Gasteiger partial charge on any atom is -0.305 e. The Hall–Kier alpha value is 0.360.